The highest BCUT2D eigenvalue weighted by Gasteiger charge is 2.53. The molecule has 0 bridgehead atoms. The summed E-state index contributed by atoms with van der Waals surface area (Å²) in [6.45, 7) is 3.86. The fraction of sp³-hybridized carbons (Fsp3) is 0.897. The zero-order valence-corrected chi connectivity index (χ0v) is 35.9. The molecule has 0 aromatic carbocycles. The first kappa shape index (κ1) is 51.0. The lowest BCUT2D eigenvalue weighted by molar-refractivity contribution is -0.338. The molecule has 2 aliphatic carbocycles. The Morgan fingerprint density at radius 1 is 0.852 bits per heavy atom. The van der Waals surface area contributed by atoms with E-state index >= 15 is 0 Å². The van der Waals surface area contributed by atoms with E-state index in [2.05, 4.69) is 16.0 Å². The van der Waals surface area contributed by atoms with Gasteiger partial charge in [-0.05, 0) is 50.9 Å². The van der Waals surface area contributed by atoms with Gasteiger partial charge in [-0.1, -0.05) is 45.4 Å². The van der Waals surface area contributed by atoms with Gasteiger partial charge in [0.1, 0.15) is 42.7 Å². The van der Waals surface area contributed by atoms with E-state index in [4.69, 9.17) is 28.2 Å². The van der Waals surface area contributed by atoms with Crippen molar-refractivity contribution in [1.82, 2.24) is 16.0 Å². The van der Waals surface area contributed by atoms with Crippen LogP contribution in [0, 0.1) is 17.8 Å². The van der Waals surface area contributed by atoms with E-state index in [1.54, 1.807) is 0 Å². The van der Waals surface area contributed by atoms with Crippen LogP contribution in [0.25, 0.3) is 0 Å². The molecule has 2 heterocycles. The van der Waals surface area contributed by atoms with Gasteiger partial charge in [-0.2, -0.15) is 8.42 Å². The van der Waals surface area contributed by atoms with Crippen molar-refractivity contribution in [2.75, 3.05) is 25.4 Å². The van der Waals surface area contributed by atoms with Crippen molar-refractivity contribution >= 4 is 33.8 Å². The molecule has 0 aromatic rings. The molecule has 21 nitrogen and oxygen atoms in total. The quantitative estimate of drug-likeness (QED) is 0.0473. The van der Waals surface area contributed by atoms with Gasteiger partial charge < -0.3 is 70.3 Å². The Morgan fingerprint density at radius 3 is 2.16 bits per heavy atom. The van der Waals surface area contributed by atoms with Crippen LogP contribution in [0.2, 0.25) is 0 Å². The number of nitrogens with one attached hydrogen (secondary N) is 3. The smallest absolute Gasteiger partial charge is 0.332 e. The van der Waals surface area contributed by atoms with E-state index in [0.29, 0.717) is 6.42 Å². The van der Waals surface area contributed by atoms with Crippen LogP contribution in [0.5, 0.6) is 0 Å². The minimum Gasteiger partial charge on any atom is -0.479 e. The number of carbonyl (C=O) groups excluding carboxylic acids is 3. The molecule has 4 aliphatic rings. The van der Waals surface area contributed by atoms with Crippen LogP contribution in [0.3, 0.4) is 0 Å². The van der Waals surface area contributed by atoms with Crippen molar-refractivity contribution < 1.29 is 86.5 Å². The summed E-state index contributed by atoms with van der Waals surface area (Å²) in [5, 5.41) is 71.9. The van der Waals surface area contributed by atoms with Gasteiger partial charge in [-0.25, -0.2) is 4.79 Å². The van der Waals surface area contributed by atoms with Crippen molar-refractivity contribution in [2.24, 2.45) is 17.8 Å². The molecule has 4 fully saturated rings. The second-order valence-electron chi connectivity index (χ2n) is 16.8. The normalized spacial score (nSPS) is 35.5. The van der Waals surface area contributed by atoms with Crippen molar-refractivity contribution in [3.05, 3.63) is 0 Å². The number of carbonyl (C=O) groups is 4. The monoisotopic (exact) mass is 897 g/mol. The standard InChI is InChI=1S/C39H67N3O18S/c1-4-23-17-24(36(50)41-14-13-40-28(45)12-8-9-15-61(53,54)55)18-25(34(23)60-39-33(49)32(48)30(46)20(2)56-39)58-38-29(42-21(3)44)35(31(47)27(19-43)59-38)57-26(37(51)52)16-22-10-6-5-7-11-22/h20,22-27,29-35,38-39,43,46-49H,4-19H2,1-3H3,(H,40,45)(H,41,50)(H,42,44)(H,51,52)(H,53,54,55)/t20?,23?,24?,25-,26+,27+,29?,30-,31+,32+,33?,34-,35?,38-,39+/m1/s1. The first-order valence-electron chi connectivity index (χ1n) is 21.4. The molecule has 10 N–H and O–H groups in total. The number of aliphatic carboxylic acids is 1. The molecule has 4 rings (SSSR count). The van der Waals surface area contributed by atoms with Crippen LogP contribution in [0.4, 0.5) is 0 Å². The second-order valence-corrected chi connectivity index (χ2v) is 18.4. The maximum absolute atomic E-state index is 13.7. The molecule has 2 aliphatic heterocycles. The van der Waals surface area contributed by atoms with Crippen LogP contribution in [-0.2, 0) is 53.0 Å². The molecule has 22 heteroatoms. The Balaban J connectivity index is 1.57. The van der Waals surface area contributed by atoms with Gasteiger partial charge in [-0.15, -0.1) is 0 Å². The molecule has 6 unspecified atom stereocenters. The minimum absolute atomic E-state index is 0.0130. The summed E-state index contributed by atoms with van der Waals surface area (Å²) in [6, 6.07) is -1.34. The van der Waals surface area contributed by atoms with Crippen molar-refractivity contribution in [2.45, 2.75) is 177 Å². The summed E-state index contributed by atoms with van der Waals surface area (Å²) >= 11 is 0. The molecule has 2 saturated heterocycles. The summed E-state index contributed by atoms with van der Waals surface area (Å²) in [5.74, 6) is -4.28. The molecule has 61 heavy (non-hydrogen) atoms. The number of amides is 3. The largest absolute Gasteiger partial charge is 0.479 e. The summed E-state index contributed by atoms with van der Waals surface area (Å²) in [5.41, 5.74) is 0. The number of hydrogen-bond donors (Lipinski definition) is 10. The predicted molar refractivity (Wildman–Crippen MR) is 212 cm³/mol. The van der Waals surface area contributed by atoms with Gasteiger partial charge in [0.2, 0.25) is 17.7 Å². The molecule has 2 saturated carbocycles. The topological polar surface area (TPSA) is 326 Å². The first-order chi connectivity index (χ1) is 28.8. The SMILES string of the molecule is CCC1CC(C(=O)NCCNC(=O)CCCCS(=O)(=O)O)C[C@@H](O[C@@H]2O[C@@H](CO)[C@H](O)C(O[C@@H](CC3CCCCC3)C(=O)O)C2NC(C)=O)[C@@H]1O[C@@H]1OC(C)[C@@H](O)[C@H](O)C1O. The third-order valence-electron chi connectivity index (χ3n) is 12.1. The molecule has 0 aromatic heterocycles. The Morgan fingerprint density at radius 2 is 1.54 bits per heavy atom. The summed E-state index contributed by atoms with van der Waals surface area (Å²) in [6.07, 6.45) is -11.0. The van der Waals surface area contributed by atoms with Crippen molar-refractivity contribution in [3.8, 4) is 0 Å². The van der Waals surface area contributed by atoms with Crippen LogP contribution < -0.4 is 16.0 Å². The lowest BCUT2D eigenvalue weighted by Gasteiger charge is -2.49. The van der Waals surface area contributed by atoms with Gasteiger partial charge in [-0.3, -0.25) is 18.9 Å². The van der Waals surface area contributed by atoms with Crippen molar-refractivity contribution in [1.29, 1.82) is 0 Å². The number of ether oxygens (including phenoxy) is 5. The van der Waals surface area contributed by atoms with E-state index in [1.165, 1.54) is 13.8 Å². The summed E-state index contributed by atoms with van der Waals surface area (Å²) in [7, 11) is -4.13. The molecule has 352 valence electrons. The Labute approximate surface area is 356 Å². The Kier molecular flexibility index (Phi) is 20.0. The van der Waals surface area contributed by atoms with Gasteiger partial charge in [0.15, 0.2) is 18.7 Å². The van der Waals surface area contributed by atoms with Crippen LogP contribution in [0.15, 0.2) is 0 Å². The van der Waals surface area contributed by atoms with Crippen LogP contribution in [0.1, 0.15) is 97.8 Å². The molecule has 0 radical (unpaired) electrons. The highest BCUT2D eigenvalue weighted by Crippen LogP contribution is 2.40. The Hall–Kier alpha value is -2.61. The number of hydrogen-bond acceptors (Lipinski definition) is 16. The van der Waals surface area contributed by atoms with Gasteiger partial charge in [0.25, 0.3) is 10.1 Å². The number of aliphatic hydroxyl groups excluding tert-OH is 5. The van der Waals surface area contributed by atoms with Crippen LogP contribution >= 0.6 is 0 Å². The number of rotatable bonds is 21. The molecular weight excluding hydrogens is 830 g/mol. The highest BCUT2D eigenvalue weighted by atomic mass is 32.2. The maximum Gasteiger partial charge on any atom is 0.332 e. The van der Waals surface area contributed by atoms with Gasteiger partial charge in [0, 0.05) is 32.4 Å². The summed E-state index contributed by atoms with van der Waals surface area (Å²) < 4.78 is 61.6. The average Bonchev–Trinajstić information content (AvgIpc) is 3.21. The third-order valence-corrected chi connectivity index (χ3v) is 12.9. The number of unbranched alkanes of at least 4 members (excludes halogenated alkanes) is 1. The fourth-order valence-corrected chi connectivity index (χ4v) is 9.33. The van der Waals surface area contributed by atoms with E-state index in [9.17, 15) is 58.2 Å². The van der Waals surface area contributed by atoms with E-state index in [-0.39, 0.29) is 63.4 Å². The van der Waals surface area contributed by atoms with Crippen LogP contribution in [-0.4, -0.2) is 172 Å². The van der Waals surface area contributed by atoms with E-state index in [1.807, 2.05) is 6.92 Å². The number of carboxylic acids is 1. The lowest BCUT2D eigenvalue weighted by Crippen LogP contribution is -2.67. The van der Waals surface area contributed by atoms with Gasteiger partial charge >= 0.3 is 5.97 Å². The highest BCUT2D eigenvalue weighted by molar-refractivity contribution is 7.85. The van der Waals surface area contributed by atoms with Crippen molar-refractivity contribution in [3.63, 3.8) is 0 Å². The van der Waals surface area contributed by atoms with E-state index < -0.39 is 132 Å². The molecular formula is C39H67N3O18S. The third kappa shape index (κ3) is 15.0. The molecule has 15 atom stereocenters. The predicted octanol–water partition coefficient (Wildman–Crippen LogP) is -1.30. The lowest BCUT2D eigenvalue weighted by atomic mass is 9.75. The molecule has 0 spiro atoms. The zero-order valence-electron chi connectivity index (χ0n) is 35.1. The minimum atomic E-state index is -4.13. The molecule has 3 amide bonds. The fourth-order valence-electron chi connectivity index (χ4n) is 8.77. The number of aliphatic hydroxyl groups is 5. The zero-order chi connectivity index (χ0) is 45.0. The Bertz CT molecular complexity index is 1540. The summed E-state index contributed by atoms with van der Waals surface area (Å²) in [4.78, 5) is 51.2. The van der Waals surface area contributed by atoms with Gasteiger partial charge in [0.05, 0.1) is 30.7 Å². The van der Waals surface area contributed by atoms with E-state index in [0.717, 1.165) is 32.1 Å². The average molecular weight is 898 g/mol. The number of carboxylic acid groups (broad SMARTS) is 1. The maximum atomic E-state index is 13.7. The second kappa shape index (κ2) is 23.9. The first-order valence-corrected chi connectivity index (χ1v) is 23.0.